The predicted molar refractivity (Wildman–Crippen MR) is 103 cm³/mol. The molecule has 0 aliphatic rings. The smallest absolute Gasteiger partial charge is 0.233 e. The van der Waals surface area contributed by atoms with Crippen molar-refractivity contribution in [1.29, 1.82) is 0 Å². The first-order valence-corrected chi connectivity index (χ1v) is 9.48. The molecule has 0 bridgehead atoms. The van der Waals surface area contributed by atoms with Crippen LogP contribution in [0.3, 0.4) is 0 Å². The summed E-state index contributed by atoms with van der Waals surface area (Å²) >= 11 is 1.31. The Balaban J connectivity index is 2.12. The molecule has 0 saturated heterocycles. The normalized spacial score (nSPS) is 11.6. The summed E-state index contributed by atoms with van der Waals surface area (Å²) < 4.78 is 1.45. The summed E-state index contributed by atoms with van der Waals surface area (Å²) in [6.45, 7) is 11.9. The van der Waals surface area contributed by atoms with Gasteiger partial charge in [0, 0.05) is 18.7 Å². The highest BCUT2D eigenvalue weighted by molar-refractivity contribution is 7.99. The summed E-state index contributed by atoms with van der Waals surface area (Å²) in [6, 6.07) is 8.17. The Labute approximate surface area is 153 Å². The molecular weight excluding hydrogens is 334 g/mol. The van der Waals surface area contributed by atoms with Crippen LogP contribution in [0, 0.1) is 0 Å². The molecule has 0 aliphatic heterocycles. The second kappa shape index (κ2) is 7.91. The number of nitrogens with zero attached hydrogens (tertiary/aromatic N) is 4. The van der Waals surface area contributed by atoms with E-state index < -0.39 is 0 Å². The lowest BCUT2D eigenvalue weighted by Crippen LogP contribution is -2.32. The summed E-state index contributed by atoms with van der Waals surface area (Å²) in [7, 11) is 0. The molecule has 0 spiro atoms. The van der Waals surface area contributed by atoms with Gasteiger partial charge in [0.25, 0.3) is 0 Å². The van der Waals surface area contributed by atoms with Crippen molar-refractivity contribution in [1.82, 2.24) is 19.8 Å². The van der Waals surface area contributed by atoms with Crippen LogP contribution >= 0.6 is 11.8 Å². The summed E-state index contributed by atoms with van der Waals surface area (Å²) in [5.74, 6) is 7.11. The number of amides is 1. The molecule has 0 radical (unpaired) electrons. The third-order valence-corrected chi connectivity index (χ3v) is 5.04. The van der Waals surface area contributed by atoms with Crippen LogP contribution in [-0.4, -0.2) is 44.5 Å². The largest absolute Gasteiger partial charge is 0.343 e. The van der Waals surface area contributed by atoms with Crippen molar-refractivity contribution in [2.24, 2.45) is 0 Å². The minimum Gasteiger partial charge on any atom is -0.343 e. The molecule has 2 N–H and O–H groups in total. The Morgan fingerprint density at radius 3 is 2.28 bits per heavy atom. The number of benzene rings is 1. The van der Waals surface area contributed by atoms with Gasteiger partial charge in [0.1, 0.15) is 0 Å². The highest BCUT2D eigenvalue weighted by Gasteiger charge is 2.17. The van der Waals surface area contributed by atoms with Gasteiger partial charge in [0.15, 0.2) is 5.82 Å². The third kappa shape index (κ3) is 4.54. The van der Waals surface area contributed by atoms with E-state index in [1.54, 1.807) is 4.90 Å². The molecule has 0 fully saturated rings. The molecule has 0 aliphatic carbocycles. The molecule has 2 rings (SSSR count). The van der Waals surface area contributed by atoms with E-state index in [1.165, 1.54) is 22.0 Å². The first kappa shape index (κ1) is 19.3. The zero-order valence-electron chi connectivity index (χ0n) is 15.6. The van der Waals surface area contributed by atoms with E-state index >= 15 is 0 Å². The van der Waals surface area contributed by atoms with Gasteiger partial charge in [0.2, 0.25) is 11.1 Å². The molecule has 6 nitrogen and oxygen atoms in total. The quantitative estimate of drug-likeness (QED) is 0.632. The van der Waals surface area contributed by atoms with Crippen molar-refractivity contribution in [2.45, 2.75) is 45.2 Å². The van der Waals surface area contributed by atoms with Crippen LogP contribution in [0.15, 0.2) is 29.4 Å². The minimum absolute atomic E-state index is 0.0779. The maximum atomic E-state index is 12.1. The number of rotatable bonds is 6. The van der Waals surface area contributed by atoms with Gasteiger partial charge in [-0.15, -0.1) is 10.2 Å². The van der Waals surface area contributed by atoms with Gasteiger partial charge in [-0.2, -0.15) is 0 Å². The molecule has 25 heavy (non-hydrogen) atoms. The standard InChI is InChI=1S/C18H27N5OS/c1-6-22(7-2)15(24)12-25-17-21-20-16(23(17)19)13-8-10-14(11-9-13)18(3,4)5/h8-11H,6-7,12,19H2,1-5H3. The lowest BCUT2D eigenvalue weighted by molar-refractivity contribution is -0.127. The number of nitrogen functional groups attached to an aromatic ring is 1. The average molecular weight is 362 g/mol. The summed E-state index contributed by atoms with van der Waals surface area (Å²) in [5.41, 5.74) is 2.25. The van der Waals surface area contributed by atoms with Gasteiger partial charge in [0.05, 0.1) is 5.75 Å². The van der Waals surface area contributed by atoms with Gasteiger partial charge < -0.3 is 10.7 Å². The van der Waals surface area contributed by atoms with Crippen molar-refractivity contribution in [3.05, 3.63) is 29.8 Å². The van der Waals surface area contributed by atoms with Crippen LogP contribution in [0.1, 0.15) is 40.2 Å². The Morgan fingerprint density at radius 2 is 1.76 bits per heavy atom. The second-order valence-corrected chi connectivity index (χ2v) is 7.80. The van der Waals surface area contributed by atoms with Crippen LogP contribution in [-0.2, 0) is 10.2 Å². The summed E-state index contributed by atoms with van der Waals surface area (Å²) in [6.07, 6.45) is 0. The van der Waals surface area contributed by atoms with E-state index in [0.29, 0.717) is 29.8 Å². The zero-order chi connectivity index (χ0) is 18.6. The monoisotopic (exact) mass is 361 g/mol. The summed E-state index contributed by atoms with van der Waals surface area (Å²) in [4.78, 5) is 13.9. The van der Waals surface area contributed by atoms with Crippen LogP contribution in [0.5, 0.6) is 0 Å². The predicted octanol–water partition coefficient (Wildman–Crippen LogP) is 2.92. The highest BCUT2D eigenvalue weighted by Crippen LogP contribution is 2.26. The van der Waals surface area contributed by atoms with Crippen LogP contribution in [0.2, 0.25) is 0 Å². The second-order valence-electron chi connectivity index (χ2n) is 6.86. The number of hydrogen-bond donors (Lipinski definition) is 1. The maximum absolute atomic E-state index is 12.1. The first-order chi connectivity index (χ1) is 11.8. The molecule has 0 saturated carbocycles. The Bertz CT molecular complexity index is 714. The Morgan fingerprint density at radius 1 is 1.16 bits per heavy atom. The Hall–Kier alpha value is -2.02. The molecule has 1 amide bonds. The van der Waals surface area contributed by atoms with Crippen molar-refractivity contribution >= 4 is 17.7 Å². The van der Waals surface area contributed by atoms with Crippen LogP contribution in [0.25, 0.3) is 11.4 Å². The summed E-state index contributed by atoms with van der Waals surface area (Å²) in [5, 5.41) is 8.85. The molecule has 2 aromatic rings. The number of thioether (sulfide) groups is 1. The number of carbonyl (C=O) groups is 1. The first-order valence-electron chi connectivity index (χ1n) is 8.49. The molecule has 1 aromatic carbocycles. The van der Waals surface area contributed by atoms with Crippen molar-refractivity contribution in [3.63, 3.8) is 0 Å². The fraction of sp³-hybridized carbons (Fsp3) is 0.500. The lowest BCUT2D eigenvalue weighted by Gasteiger charge is -2.19. The van der Waals surface area contributed by atoms with Gasteiger partial charge in [-0.3, -0.25) is 4.79 Å². The van der Waals surface area contributed by atoms with E-state index in [0.717, 1.165) is 5.56 Å². The lowest BCUT2D eigenvalue weighted by atomic mass is 9.87. The van der Waals surface area contributed by atoms with Gasteiger partial charge in [-0.25, -0.2) is 4.68 Å². The van der Waals surface area contributed by atoms with Crippen LogP contribution in [0.4, 0.5) is 0 Å². The SMILES string of the molecule is CCN(CC)C(=O)CSc1nnc(-c2ccc(C(C)(C)C)cc2)n1N. The third-order valence-electron chi connectivity index (χ3n) is 4.11. The van der Waals surface area contributed by atoms with Gasteiger partial charge in [-0.1, -0.05) is 56.8 Å². The van der Waals surface area contributed by atoms with Crippen molar-refractivity contribution < 1.29 is 4.79 Å². The van der Waals surface area contributed by atoms with Gasteiger partial charge >= 0.3 is 0 Å². The molecule has 0 atom stereocenters. The van der Waals surface area contributed by atoms with E-state index in [1.807, 2.05) is 26.0 Å². The topological polar surface area (TPSA) is 77.0 Å². The van der Waals surface area contributed by atoms with E-state index in [4.69, 9.17) is 5.84 Å². The van der Waals surface area contributed by atoms with Crippen molar-refractivity contribution in [3.8, 4) is 11.4 Å². The molecule has 0 unspecified atom stereocenters. The number of aromatic nitrogens is 3. The Kier molecular flexibility index (Phi) is 6.11. The zero-order valence-corrected chi connectivity index (χ0v) is 16.4. The maximum Gasteiger partial charge on any atom is 0.233 e. The molecule has 136 valence electrons. The molecule has 1 heterocycles. The van der Waals surface area contributed by atoms with E-state index in [9.17, 15) is 4.79 Å². The number of hydrogen-bond acceptors (Lipinski definition) is 5. The van der Waals surface area contributed by atoms with Crippen LogP contribution < -0.4 is 5.84 Å². The number of carbonyl (C=O) groups excluding carboxylic acids is 1. The molecular formula is C18H27N5OS. The highest BCUT2D eigenvalue weighted by atomic mass is 32.2. The van der Waals surface area contributed by atoms with Gasteiger partial charge in [-0.05, 0) is 24.8 Å². The van der Waals surface area contributed by atoms with E-state index in [2.05, 4.69) is 43.1 Å². The molecule has 1 aromatic heterocycles. The fourth-order valence-electron chi connectivity index (χ4n) is 2.49. The average Bonchev–Trinajstić information content (AvgIpc) is 2.94. The fourth-order valence-corrected chi connectivity index (χ4v) is 3.24. The number of nitrogens with two attached hydrogens (primary N) is 1. The minimum atomic E-state index is 0.0779. The molecule has 7 heteroatoms. The van der Waals surface area contributed by atoms with Crippen molar-refractivity contribution in [2.75, 3.05) is 24.7 Å². The van der Waals surface area contributed by atoms with E-state index in [-0.39, 0.29) is 11.3 Å².